The predicted octanol–water partition coefficient (Wildman–Crippen LogP) is 1.77. The second-order valence-electron chi connectivity index (χ2n) is 7.05. The van der Waals surface area contributed by atoms with Gasteiger partial charge in [-0.15, -0.1) is 0 Å². The molecule has 2 aromatic heterocycles. The topological polar surface area (TPSA) is 71.0 Å². The number of nitrogens with zero attached hydrogens (tertiary/aromatic N) is 4. The molecule has 2 fully saturated rings. The lowest BCUT2D eigenvalue weighted by Gasteiger charge is -2.18. The number of pyridine rings is 1. The zero-order valence-electron chi connectivity index (χ0n) is 14.7. The number of carbonyl (C=O) groups excluding carboxylic acids is 1. The summed E-state index contributed by atoms with van der Waals surface area (Å²) in [6, 6.07) is 5.63. The fraction of sp³-hybridized carbons (Fsp3) is 0.400. The Morgan fingerprint density at radius 2 is 2.00 bits per heavy atom. The van der Waals surface area contributed by atoms with Gasteiger partial charge in [-0.2, -0.15) is 0 Å². The van der Waals surface area contributed by atoms with Gasteiger partial charge < -0.3 is 5.32 Å². The van der Waals surface area contributed by atoms with Crippen molar-refractivity contribution in [3.05, 3.63) is 60.5 Å². The van der Waals surface area contributed by atoms with Gasteiger partial charge in [-0.1, -0.05) is 6.07 Å². The summed E-state index contributed by atoms with van der Waals surface area (Å²) in [4.78, 5) is 26.9. The second-order valence-corrected chi connectivity index (χ2v) is 7.05. The highest BCUT2D eigenvalue weighted by Crippen LogP contribution is 2.53. The lowest BCUT2D eigenvalue weighted by atomic mass is 10.2. The number of hydrogen-bond donors (Lipinski definition) is 1. The Balaban J connectivity index is 1.14. The second kappa shape index (κ2) is 7.74. The van der Waals surface area contributed by atoms with Crippen LogP contribution in [-0.4, -0.2) is 45.4 Å². The van der Waals surface area contributed by atoms with Crippen LogP contribution in [0.2, 0.25) is 0 Å². The number of rotatable bonds is 7. The van der Waals surface area contributed by atoms with Gasteiger partial charge in [-0.05, 0) is 47.9 Å². The van der Waals surface area contributed by atoms with Crippen LogP contribution in [0.1, 0.15) is 17.8 Å². The molecule has 134 valence electrons. The molecule has 1 amide bonds. The van der Waals surface area contributed by atoms with Crippen LogP contribution in [0.5, 0.6) is 0 Å². The van der Waals surface area contributed by atoms with Crippen LogP contribution in [0.25, 0.3) is 6.08 Å². The molecule has 1 N–H and O–H groups in total. The molecule has 1 saturated carbocycles. The van der Waals surface area contributed by atoms with Crippen LogP contribution in [0.3, 0.4) is 0 Å². The quantitative estimate of drug-likeness (QED) is 0.772. The Hall–Kier alpha value is -2.60. The summed E-state index contributed by atoms with van der Waals surface area (Å²) in [5.74, 6) is 3.18. The van der Waals surface area contributed by atoms with E-state index >= 15 is 0 Å². The molecular weight excluding hydrogens is 326 g/mol. The maximum Gasteiger partial charge on any atom is 0.244 e. The number of aromatic nitrogens is 3. The van der Waals surface area contributed by atoms with Crippen LogP contribution in [0.4, 0.5) is 0 Å². The zero-order chi connectivity index (χ0) is 17.8. The number of nitrogens with one attached hydrogen (secondary N) is 1. The van der Waals surface area contributed by atoms with E-state index in [1.807, 2.05) is 18.2 Å². The maximum atomic E-state index is 11.9. The third kappa shape index (κ3) is 4.14. The molecule has 0 radical (unpaired) electrons. The van der Waals surface area contributed by atoms with E-state index in [1.54, 1.807) is 36.9 Å². The van der Waals surface area contributed by atoms with Crippen LogP contribution >= 0.6 is 0 Å². The summed E-state index contributed by atoms with van der Waals surface area (Å²) in [6.45, 7) is 3.84. The average molecular weight is 349 g/mol. The van der Waals surface area contributed by atoms with Gasteiger partial charge in [0.1, 0.15) is 5.82 Å². The van der Waals surface area contributed by atoms with Gasteiger partial charge in [0.05, 0.1) is 6.54 Å². The molecule has 2 aliphatic rings. The maximum absolute atomic E-state index is 11.9. The molecule has 0 bridgehead atoms. The summed E-state index contributed by atoms with van der Waals surface area (Å²) < 4.78 is 0. The first kappa shape index (κ1) is 16.8. The van der Waals surface area contributed by atoms with Gasteiger partial charge in [-0.3, -0.25) is 14.7 Å². The number of amides is 1. The van der Waals surface area contributed by atoms with Crippen molar-refractivity contribution in [3.63, 3.8) is 0 Å². The summed E-state index contributed by atoms with van der Waals surface area (Å²) in [5.41, 5.74) is 0.932. The number of fused-ring (bicyclic) bond motifs is 1. The molecule has 0 aromatic carbocycles. The first-order chi connectivity index (χ1) is 12.8. The lowest BCUT2D eigenvalue weighted by molar-refractivity contribution is -0.116. The first-order valence-electron chi connectivity index (χ1n) is 9.14. The lowest BCUT2D eigenvalue weighted by Crippen LogP contribution is -2.27. The van der Waals surface area contributed by atoms with E-state index in [0.717, 1.165) is 61.7 Å². The van der Waals surface area contributed by atoms with Crippen LogP contribution in [0, 0.1) is 17.8 Å². The van der Waals surface area contributed by atoms with E-state index in [9.17, 15) is 4.79 Å². The summed E-state index contributed by atoms with van der Waals surface area (Å²) >= 11 is 0. The van der Waals surface area contributed by atoms with Gasteiger partial charge in [-0.25, -0.2) is 9.97 Å². The highest BCUT2D eigenvalue weighted by Gasteiger charge is 2.54. The van der Waals surface area contributed by atoms with Crippen LogP contribution in [0.15, 0.2) is 49.1 Å². The first-order valence-corrected chi connectivity index (χ1v) is 9.14. The predicted molar refractivity (Wildman–Crippen MR) is 98.7 cm³/mol. The van der Waals surface area contributed by atoms with E-state index in [0.29, 0.717) is 0 Å². The molecular formula is C20H23N5O. The van der Waals surface area contributed by atoms with Gasteiger partial charge in [0.2, 0.25) is 5.91 Å². The molecule has 1 aliphatic carbocycles. The van der Waals surface area contributed by atoms with Gasteiger partial charge in [0.15, 0.2) is 0 Å². The smallest absolute Gasteiger partial charge is 0.244 e. The van der Waals surface area contributed by atoms with E-state index in [1.165, 1.54) is 0 Å². The third-order valence-electron chi connectivity index (χ3n) is 5.32. The number of carbonyl (C=O) groups is 1. The molecule has 3 atom stereocenters. The van der Waals surface area contributed by atoms with E-state index in [-0.39, 0.29) is 5.91 Å². The Bertz CT molecular complexity index is 752. The number of piperidine rings is 1. The largest absolute Gasteiger partial charge is 0.353 e. The van der Waals surface area contributed by atoms with Crippen molar-refractivity contribution in [1.82, 2.24) is 25.2 Å². The standard InChI is InChI=1S/C20H23N5O/c26-20(5-4-15-3-1-7-21-11-15)24-10-6-16-17-12-25(13-18(16)17)14-19-22-8-2-9-23-19/h1-5,7-9,11,16-18H,6,10,12-14H2,(H,24,26)/b5-4+/t16-,17-,18+. The molecule has 0 spiro atoms. The average Bonchev–Trinajstić information content (AvgIpc) is 3.12. The zero-order valence-corrected chi connectivity index (χ0v) is 14.7. The Kier molecular flexibility index (Phi) is 5.02. The van der Waals surface area contributed by atoms with Crippen molar-refractivity contribution >= 4 is 12.0 Å². The van der Waals surface area contributed by atoms with E-state index < -0.39 is 0 Å². The molecule has 2 aromatic rings. The Morgan fingerprint density at radius 3 is 2.73 bits per heavy atom. The molecule has 1 saturated heterocycles. The highest BCUT2D eigenvalue weighted by molar-refractivity contribution is 5.91. The third-order valence-corrected chi connectivity index (χ3v) is 5.32. The van der Waals surface area contributed by atoms with Crippen LogP contribution in [-0.2, 0) is 11.3 Å². The summed E-state index contributed by atoms with van der Waals surface area (Å²) in [5, 5.41) is 2.98. The molecule has 6 heteroatoms. The van der Waals surface area contributed by atoms with Crippen molar-refractivity contribution < 1.29 is 4.79 Å². The van der Waals surface area contributed by atoms with Gasteiger partial charge >= 0.3 is 0 Å². The van der Waals surface area contributed by atoms with Gasteiger partial charge in [0.25, 0.3) is 0 Å². The highest BCUT2D eigenvalue weighted by atomic mass is 16.1. The van der Waals surface area contributed by atoms with E-state index in [4.69, 9.17) is 0 Å². The van der Waals surface area contributed by atoms with Crippen molar-refractivity contribution in [2.45, 2.75) is 13.0 Å². The SMILES string of the molecule is O=C(/C=C/c1cccnc1)NCC[C@@H]1[C@H]2CN(Cc3ncccn3)C[C@@H]12. The minimum absolute atomic E-state index is 0.0393. The summed E-state index contributed by atoms with van der Waals surface area (Å²) in [7, 11) is 0. The fourth-order valence-corrected chi connectivity index (χ4v) is 3.97. The minimum Gasteiger partial charge on any atom is -0.353 e. The number of likely N-dealkylation sites (tertiary alicyclic amines) is 1. The molecule has 0 unspecified atom stereocenters. The molecule has 1 aliphatic heterocycles. The molecule has 3 heterocycles. The van der Waals surface area contributed by atoms with Gasteiger partial charge in [0, 0.05) is 50.5 Å². The van der Waals surface area contributed by atoms with E-state index in [2.05, 4.69) is 25.2 Å². The molecule has 6 nitrogen and oxygen atoms in total. The number of hydrogen-bond acceptors (Lipinski definition) is 5. The fourth-order valence-electron chi connectivity index (χ4n) is 3.97. The summed E-state index contributed by atoms with van der Waals surface area (Å²) in [6.07, 6.45) is 11.5. The monoisotopic (exact) mass is 349 g/mol. The van der Waals surface area contributed by atoms with Crippen molar-refractivity contribution in [2.24, 2.45) is 17.8 Å². The van der Waals surface area contributed by atoms with Crippen molar-refractivity contribution in [3.8, 4) is 0 Å². The minimum atomic E-state index is -0.0393. The van der Waals surface area contributed by atoms with Crippen LogP contribution < -0.4 is 5.32 Å². The Morgan fingerprint density at radius 1 is 1.19 bits per heavy atom. The molecule has 26 heavy (non-hydrogen) atoms. The normalized spacial score (nSPS) is 24.5. The Labute approximate surface area is 153 Å². The van der Waals surface area contributed by atoms with Crippen molar-refractivity contribution in [1.29, 1.82) is 0 Å². The van der Waals surface area contributed by atoms with Crippen molar-refractivity contribution in [2.75, 3.05) is 19.6 Å². The molecule has 4 rings (SSSR count).